The SMILES string of the molecule is CCCCCCCCCCCCCCCCOC/C=C(C)/C=C/C1=C(C)CCCC1C. The highest BCUT2D eigenvalue weighted by molar-refractivity contribution is 5.33. The van der Waals surface area contributed by atoms with E-state index in [9.17, 15) is 0 Å². The highest BCUT2D eigenvalue weighted by Crippen LogP contribution is 2.30. The monoisotopic (exact) mass is 430 g/mol. The molecule has 0 radical (unpaired) electrons. The minimum atomic E-state index is 0.717. The fourth-order valence-electron chi connectivity index (χ4n) is 4.66. The van der Waals surface area contributed by atoms with E-state index in [1.165, 1.54) is 115 Å². The maximum atomic E-state index is 5.82. The first-order chi connectivity index (χ1) is 15.1. The molecular formula is C30H54O. The van der Waals surface area contributed by atoms with Crippen LogP contribution < -0.4 is 0 Å². The van der Waals surface area contributed by atoms with E-state index < -0.39 is 0 Å². The van der Waals surface area contributed by atoms with Crippen molar-refractivity contribution in [3.8, 4) is 0 Å². The predicted octanol–water partition coefficient (Wildman–Crippen LogP) is 10.1. The van der Waals surface area contributed by atoms with Gasteiger partial charge in [0.15, 0.2) is 0 Å². The zero-order chi connectivity index (χ0) is 22.6. The average molecular weight is 431 g/mol. The molecule has 1 aliphatic rings. The normalized spacial score (nSPS) is 17.8. The third kappa shape index (κ3) is 15.6. The van der Waals surface area contributed by atoms with Crippen LogP contribution in [-0.2, 0) is 4.74 Å². The van der Waals surface area contributed by atoms with E-state index in [2.05, 4.69) is 45.9 Å². The second kappa shape index (κ2) is 19.8. The van der Waals surface area contributed by atoms with Crippen LogP contribution in [0.25, 0.3) is 0 Å². The fraction of sp³-hybridized carbons (Fsp3) is 0.800. The second-order valence-corrected chi connectivity index (χ2v) is 9.98. The average Bonchev–Trinajstić information content (AvgIpc) is 2.75. The molecule has 0 fully saturated rings. The Hall–Kier alpha value is -0.820. The summed E-state index contributed by atoms with van der Waals surface area (Å²) in [4.78, 5) is 0. The molecule has 0 saturated heterocycles. The van der Waals surface area contributed by atoms with Crippen molar-refractivity contribution in [2.75, 3.05) is 13.2 Å². The van der Waals surface area contributed by atoms with Gasteiger partial charge in [-0.3, -0.25) is 0 Å². The first-order valence-electron chi connectivity index (χ1n) is 13.8. The molecule has 0 heterocycles. The Morgan fingerprint density at radius 3 is 1.97 bits per heavy atom. The smallest absolute Gasteiger partial charge is 0.0653 e. The van der Waals surface area contributed by atoms with Gasteiger partial charge in [-0.05, 0) is 51.0 Å². The topological polar surface area (TPSA) is 9.23 Å². The van der Waals surface area contributed by atoms with Gasteiger partial charge in [-0.25, -0.2) is 0 Å². The molecule has 1 unspecified atom stereocenters. The molecule has 31 heavy (non-hydrogen) atoms. The Morgan fingerprint density at radius 2 is 1.42 bits per heavy atom. The van der Waals surface area contributed by atoms with Gasteiger partial charge in [0.1, 0.15) is 0 Å². The van der Waals surface area contributed by atoms with E-state index in [0.29, 0.717) is 0 Å². The molecule has 1 heteroatoms. The van der Waals surface area contributed by atoms with Crippen LogP contribution in [0.2, 0.25) is 0 Å². The molecule has 1 nitrogen and oxygen atoms in total. The fourth-order valence-corrected chi connectivity index (χ4v) is 4.66. The van der Waals surface area contributed by atoms with Crippen LogP contribution in [0.3, 0.4) is 0 Å². The van der Waals surface area contributed by atoms with Crippen molar-refractivity contribution in [2.24, 2.45) is 5.92 Å². The molecule has 0 spiro atoms. The van der Waals surface area contributed by atoms with Gasteiger partial charge >= 0.3 is 0 Å². The number of allylic oxidation sites excluding steroid dienone is 5. The third-order valence-corrected chi connectivity index (χ3v) is 6.90. The van der Waals surface area contributed by atoms with Crippen LogP contribution in [0.15, 0.2) is 34.9 Å². The highest BCUT2D eigenvalue weighted by atomic mass is 16.5. The number of ether oxygens (including phenoxy) is 1. The Morgan fingerprint density at radius 1 is 0.871 bits per heavy atom. The van der Waals surface area contributed by atoms with E-state index in [1.807, 2.05) is 0 Å². The summed E-state index contributed by atoms with van der Waals surface area (Å²) in [5.41, 5.74) is 4.46. The minimum Gasteiger partial charge on any atom is -0.377 e. The molecule has 0 N–H and O–H groups in total. The highest BCUT2D eigenvalue weighted by Gasteiger charge is 2.14. The summed E-state index contributed by atoms with van der Waals surface area (Å²) in [6, 6.07) is 0. The zero-order valence-corrected chi connectivity index (χ0v) is 21.7. The van der Waals surface area contributed by atoms with Crippen molar-refractivity contribution < 1.29 is 4.74 Å². The van der Waals surface area contributed by atoms with E-state index in [1.54, 1.807) is 11.1 Å². The summed E-state index contributed by atoms with van der Waals surface area (Å²) >= 11 is 0. The molecule has 0 saturated carbocycles. The molecule has 1 atom stereocenters. The minimum absolute atomic E-state index is 0.717. The first kappa shape index (κ1) is 28.2. The predicted molar refractivity (Wildman–Crippen MR) is 140 cm³/mol. The van der Waals surface area contributed by atoms with Crippen LogP contribution in [0, 0.1) is 5.92 Å². The van der Waals surface area contributed by atoms with Gasteiger partial charge in [-0.2, -0.15) is 0 Å². The largest absolute Gasteiger partial charge is 0.377 e. The summed E-state index contributed by atoms with van der Waals surface area (Å²) in [6.07, 6.45) is 30.5. The van der Waals surface area contributed by atoms with E-state index in [4.69, 9.17) is 4.74 Å². The molecule has 180 valence electrons. The first-order valence-corrected chi connectivity index (χ1v) is 13.8. The quantitative estimate of drug-likeness (QED) is 0.146. The molecule has 0 aromatic carbocycles. The summed E-state index contributed by atoms with van der Waals surface area (Å²) in [6.45, 7) is 10.8. The molecule has 1 aliphatic carbocycles. The van der Waals surface area contributed by atoms with Gasteiger partial charge in [0, 0.05) is 6.61 Å². The number of hydrogen-bond acceptors (Lipinski definition) is 1. The second-order valence-electron chi connectivity index (χ2n) is 9.98. The van der Waals surface area contributed by atoms with Gasteiger partial charge < -0.3 is 4.74 Å². The lowest BCUT2D eigenvalue weighted by atomic mass is 9.84. The third-order valence-electron chi connectivity index (χ3n) is 6.90. The Balaban J connectivity index is 1.90. The van der Waals surface area contributed by atoms with Crippen LogP contribution in [-0.4, -0.2) is 13.2 Å². The molecule has 1 rings (SSSR count). The van der Waals surface area contributed by atoms with Gasteiger partial charge in [0.25, 0.3) is 0 Å². The van der Waals surface area contributed by atoms with Crippen LogP contribution in [0.5, 0.6) is 0 Å². The van der Waals surface area contributed by atoms with Gasteiger partial charge in [0.2, 0.25) is 0 Å². The van der Waals surface area contributed by atoms with Gasteiger partial charge in [-0.15, -0.1) is 0 Å². The maximum Gasteiger partial charge on any atom is 0.0653 e. The lowest BCUT2D eigenvalue weighted by Gasteiger charge is -2.22. The van der Waals surface area contributed by atoms with Crippen molar-refractivity contribution in [2.45, 2.75) is 137 Å². The van der Waals surface area contributed by atoms with Crippen molar-refractivity contribution in [1.29, 1.82) is 0 Å². The summed E-state index contributed by atoms with van der Waals surface area (Å²) in [7, 11) is 0. The maximum absolute atomic E-state index is 5.82. The Kier molecular flexibility index (Phi) is 18.1. The summed E-state index contributed by atoms with van der Waals surface area (Å²) in [5.74, 6) is 0.717. The van der Waals surface area contributed by atoms with Crippen molar-refractivity contribution in [3.63, 3.8) is 0 Å². The molecule has 0 aromatic heterocycles. The van der Waals surface area contributed by atoms with Crippen molar-refractivity contribution in [1.82, 2.24) is 0 Å². The zero-order valence-electron chi connectivity index (χ0n) is 21.7. The van der Waals surface area contributed by atoms with Crippen LogP contribution in [0.4, 0.5) is 0 Å². The Bertz CT molecular complexity index is 511. The number of hydrogen-bond donors (Lipinski definition) is 0. The van der Waals surface area contributed by atoms with Gasteiger partial charge in [0.05, 0.1) is 6.61 Å². The molecule has 0 amide bonds. The lowest BCUT2D eigenvalue weighted by molar-refractivity contribution is 0.157. The summed E-state index contributed by atoms with van der Waals surface area (Å²) in [5, 5.41) is 0. The van der Waals surface area contributed by atoms with Gasteiger partial charge in [-0.1, -0.05) is 127 Å². The van der Waals surface area contributed by atoms with Crippen molar-refractivity contribution in [3.05, 3.63) is 34.9 Å². The molecule has 0 aromatic rings. The molecule has 0 aliphatic heterocycles. The van der Waals surface area contributed by atoms with Crippen LogP contribution in [0.1, 0.15) is 137 Å². The number of unbranched alkanes of at least 4 members (excludes halogenated alkanes) is 13. The van der Waals surface area contributed by atoms with E-state index >= 15 is 0 Å². The summed E-state index contributed by atoms with van der Waals surface area (Å²) < 4.78 is 5.82. The Labute approximate surface area is 195 Å². The van der Waals surface area contributed by atoms with Crippen LogP contribution >= 0.6 is 0 Å². The van der Waals surface area contributed by atoms with E-state index in [0.717, 1.165) is 19.1 Å². The number of rotatable bonds is 19. The lowest BCUT2D eigenvalue weighted by Crippen LogP contribution is -2.06. The molecule has 0 bridgehead atoms. The standard InChI is InChI=1S/C30H54O/c1-5-6-7-8-9-10-11-12-13-14-15-16-17-18-25-31-26-24-27(2)22-23-30-28(3)20-19-21-29(30)4/h22-24,28H,5-21,25-26H2,1-4H3/b23-22+,27-24+. The molecular weight excluding hydrogens is 376 g/mol. The van der Waals surface area contributed by atoms with Crippen molar-refractivity contribution >= 4 is 0 Å². The van der Waals surface area contributed by atoms with E-state index in [-0.39, 0.29) is 0 Å².